The molecule has 0 amide bonds. The van der Waals surface area contributed by atoms with Crippen LogP contribution in [0.5, 0.6) is 0 Å². The van der Waals surface area contributed by atoms with Gasteiger partial charge in [0.1, 0.15) is 17.0 Å². The molecule has 9 heteroatoms. The van der Waals surface area contributed by atoms with Crippen LogP contribution in [0.1, 0.15) is 12.8 Å². The van der Waals surface area contributed by atoms with Crippen LogP contribution in [0.25, 0.3) is 33.4 Å². The molecule has 31 heavy (non-hydrogen) atoms. The molecule has 2 fully saturated rings. The number of morpholine rings is 1. The monoisotopic (exact) mass is 414 g/mol. The van der Waals surface area contributed by atoms with Crippen molar-refractivity contribution in [2.24, 2.45) is 5.92 Å². The van der Waals surface area contributed by atoms with Crippen LogP contribution in [0, 0.1) is 5.92 Å². The van der Waals surface area contributed by atoms with Crippen LogP contribution in [0.4, 0.5) is 11.8 Å². The molecule has 1 saturated carbocycles. The van der Waals surface area contributed by atoms with Gasteiger partial charge in [-0.2, -0.15) is 5.10 Å². The fourth-order valence-electron chi connectivity index (χ4n) is 4.36. The summed E-state index contributed by atoms with van der Waals surface area (Å²) in [6, 6.07) is 6.37. The highest BCUT2D eigenvalue weighted by atomic mass is 16.5. The van der Waals surface area contributed by atoms with Gasteiger partial charge in [0.25, 0.3) is 0 Å². The molecule has 0 radical (unpaired) electrons. The second-order valence-electron chi connectivity index (χ2n) is 8.06. The van der Waals surface area contributed by atoms with Gasteiger partial charge in [0.05, 0.1) is 24.9 Å². The zero-order chi connectivity index (χ0) is 20.8. The highest BCUT2D eigenvalue weighted by Gasteiger charge is 2.38. The van der Waals surface area contributed by atoms with Gasteiger partial charge >= 0.3 is 0 Å². The fraction of sp³-hybridized carbons (Fsp3) is 0.318. The van der Waals surface area contributed by atoms with Gasteiger partial charge in [0, 0.05) is 42.3 Å². The fourth-order valence-corrected chi connectivity index (χ4v) is 4.36. The Bertz CT molecular complexity index is 1220. The first-order chi connectivity index (χ1) is 15.3. The average Bonchev–Trinajstić information content (AvgIpc) is 3.52. The van der Waals surface area contributed by atoms with E-state index in [1.54, 1.807) is 24.8 Å². The number of nitrogen functional groups attached to an aromatic ring is 1. The minimum atomic E-state index is 0.254. The molecule has 1 unspecified atom stereocenters. The number of nitrogens with one attached hydrogen (secondary N) is 1. The minimum absolute atomic E-state index is 0.254. The van der Waals surface area contributed by atoms with Crippen LogP contribution in [0.2, 0.25) is 0 Å². The van der Waals surface area contributed by atoms with Crippen molar-refractivity contribution in [3.8, 4) is 22.5 Å². The Morgan fingerprint density at radius 1 is 1.10 bits per heavy atom. The van der Waals surface area contributed by atoms with Crippen molar-refractivity contribution >= 4 is 22.7 Å². The lowest BCUT2D eigenvalue weighted by molar-refractivity contribution is 0.0875. The Hall–Kier alpha value is -3.59. The number of H-pyrrole nitrogens is 1. The van der Waals surface area contributed by atoms with Crippen LogP contribution >= 0.6 is 0 Å². The lowest BCUT2D eigenvalue weighted by Crippen LogP contribution is -2.47. The van der Waals surface area contributed by atoms with Gasteiger partial charge in [-0.3, -0.25) is 10.1 Å². The van der Waals surface area contributed by atoms with Gasteiger partial charge < -0.3 is 15.4 Å². The van der Waals surface area contributed by atoms with E-state index in [9.17, 15) is 0 Å². The lowest BCUT2D eigenvalue weighted by atomic mass is 10.0. The van der Waals surface area contributed by atoms with Crippen molar-refractivity contribution in [1.29, 1.82) is 0 Å². The molecule has 0 aromatic carbocycles. The van der Waals surface area contributed by atoms with E-state index in [1.165, 1.54) is 12.8 Å². The number of hydrogen-bond acceptors (Lipinski definition) is 8. The van der Waals surface area contributed by atoms with Crippen molar-refractivity contribution in [2.75, 3.05) is 30.4 Å². The second-order valence-corrected chi connectivity index (χ2v) is 8.06. The first-order valence-corrected chi connectivity index (χ1v) is 10.5. The normalized spacial score (nSPS) is 19.1. The van der Waals surface area contributed by atoms with Crippen molar-refractivity contribution in [1.82, 2.24) is 30.1 Å². The number of aromatic amines is 1. The Kier molecular flexibility index (Phi) is 4.27. The maximum absolute atomic E-state index is 5.80. The molecular formula is C22H22N8O. The van der Waals surface area contributed by atoms with E-state index in [4.69, 9.17) is 15.5 Å². The van der Waals surface area contributed by atoms with Crippen LogP contribution in [-0.4, -0.2) is 55.9 Å². The van der Waals surface area contributed by atoms with E-state index in [2.05, 4.69) is 36.1 Å². The lowest BCUT2D eigenvalue weighted by Gasteiger charge is -2.37. The van der Waals surface area contributed by atoms with Gasteiger partial charge in [-0.15, -0.1) is 0 Å². The first kappa shape index (κ1) is 18.2. The number of anilines is 2. The van der Waals surface area contributed by atoms with Crippen molar-refractivity contribution in [3.63, 3.8) is 0 Å². The van der Waals surface area contributed by atoms with Crippen LogP contribution in [0.15, 0.2) is 43.0 Å². The van der Waals surface area contributed by atoms with E-state index in [1.807, 2.05) is 12.1 Å². The summed E-state index contributed by atoms with van der Waals surface area (Å²) in [6.07, 6.45) is 9.53. The number of fused-ring (bicyclic) bond motifs is 1. The van der Waals surface area contributed by atoms with Crippen molar-refractivity contribution in [2.45, 2.75) is 18.9 Å². The summed E-state index contributed by atoms with van der Waals surface area (Å²) < 4.78 is 5.80. The third kappa shape index (κ3) is 3.27. The summed E-state index contributed by atoms with van der Waals surface area (Å²) in [6.45, 7) is 2.26. The Balaban J connectivity index is 1.58. The zero-order valence-electron chi connectivity index (χ0n) is 16.9. The highest BCUT2D eigenvalue weighted by molar-refractivity contribution is 6.01. The molecule has 1 aliphatic heterocycles. The summed E-state index contributed by atoms with van der Waals surface area (Å²) in [5.41, 5.74) is 10.0. The second kappa shape index (κ2) is 7.28. The predicted octanol–water partition coefficient (Wildman–Crippen LogP) is 2.67. The molecule has 6 rings (SSSR count). The summed E-state index contributed by atoms with van der Waals surface area (Å²) in [4.78, 5) is 20.6. The molecule has 1 saturated heterocycles. The molecule has 9 nitrogen and oxygen atoms in total. The smallest absolute Gasteiger partial charge is 0.219 e. The maximum atomic E-state index is 5.80. The van der Waals surface area contributed by atoms with Gasteiger partial charge in [-0.1, -0.05) is 0 Å². The van der Waals surface area contributed by atoms with Gasteiger partial charge in [-0.05, 0) is 42.5 Å². The van der Waals surface area contributed by atoms with E-state index >= 15 is 0 Å². The number of ether oxygens (including phenoxy) is 1. The Morgan fingerprint density at radius 3 is 2.74 bits per heavy atom. The van der Waals surface area contributed by atoms with E-state index in [-0.39, 0.29) is 5.95 Å². The minimum Gasteiger partial charge on any atom is -0.377 e. The number of aromatic nitrogens is 6. The molecule has 3 N–H and O–H groups in total. The Morgan fingerprint density at radius 2 is 1.97 bits per heavy atom. The maximum Gasteiger partial charge on any atom is 0.219 e. The molecule has 1 atom stereocenters. The summed E-state index contributed by atoms with van der Waals surface area (Å²) in [5.74, 6) is 1.85. The molecule has 4 aromatic rings. The first-order valence-electron chi connectivity index (χ1n) is 10.5. The molecule has 5 heterocycles. The average molecular weight is 414 g/mol. The molecule has 0 spiro atoms. The standard InChI is InChI=1S/C22H22N8O/c23-22-25-10-14(11-26-22)16-9-19(30-7-8-31-12-18(30)13-1-2-13)28-20-15(16)3-5-24-21(20)17-4-6-27-29-17/h3-6,9-11,13,18H,1-2,7-8,12H2,(H,27,29)(H2,23,25,26). The Labute approximate surface area is 178 Å². The van der Waals surface area contributed by atoms with Crippen LogP contribution < -0.4 is 10.6 Å². The highest BCUT2D eigenvalue weighted by Crippen LogP contribution is 2.40. The third-order valence-electron chi connectivity index (χ3n) is 6.08. The van der Waals surface area contributed by atoms with E-state index in [0.29, 0.717) is 18.6 Å². The van der Waals surface area contributed by atoms with Crippen LogP contribution in [-0.2, 0) is 4.74 Å². The van der Waals surface area contributed by atoms with E-state index < -0.39 is 0 Å². The summed E-state index contributed by atoms with van der Waals surface area (Å²) in [5, 5.41) is 8.10. The number of nitrogens with zero attached hydrogens (tertiary/aromatic N) is 6. The molecule has 0 bridgehead atoms. The molecule has 4 aromatic heterocycles. The summed E-state index contributed by atoms with van der Waals surface area (Å²) >= 11 is 0. The third-order valence-corrected chi connectivity index (χ3v) is 6.08. The SMILES string of the molecule is Nc1ncc(-c2cc(N3CCOCC3C3CC3)nc3c(-c4ccn[nH]4)nccc23)cn1. The quantitative estimate of drug-likeness (QED) is 0.523. The molecule has 2 aliphatic rings. The zero-order valence-corrected chi connectivity index (χ0v) is 16.9. The number of pyridine rings is 2. The van der Waals surface area contributed by atoms with Gasteiger partial charge in [0.15, 0.2) is 0 Å². The molecule has 156 valence electrons. The topological polar surface area (TPSA) is 119 Å². The van der Waals surface area contributed by atoms with Gasteiger partial charge in [0.2, 0.25) is 5.95 Å². The van der Waals surface area contributed by atoms with Crippen molar-refractivity contribution < 1.29 is 4.74 Å². The molecule has 1 aliphatic carbocycles. The largest absolute Gasteiger partial charge is 0.377 e. The number of rotatable bonds is 4. The van der Waals surface area contributed by atoms with Crippen LogP contribution in [0.3, 0.4) is 0 Å². The predicted molar refractivity (Wildman–Crippen MR) is 117 cm³/mol. The van der Waals surface area contributed by atoms with Crippen molar-refractivity contribution in [3.05, 3.63) is 43.0 Å². The number of hydrogen-bond donors (Lipinski definition) is 2. The number of nitrogens with two attached hydrogens (primary N) is 1. The van der Waals surface area contributed by atoms with Gasteiger partial charge in [-0.25, -0.2) is 15.0 Å². The molecular weight excluding hydrogens is 392 g/mol. The summed E-state index contributed by atoms with van der Waals surface area (Å²) in [7, 11) is 0. The van der Waals surface area contributed by atoms with E-state index in [0.717, 1.165) is 52.4 Å².